The maximum atomic E-state index is 13.1. The Balaban J connectivity index is 1.40. The lowest BCUT2D eigenvalue weighted by Gasteiger charge is -2.63. The third-order valence-corrected chi connectivity index (χ3v) is 7.89. The van der Waals surface area contributed by atoms with Crippen molar-refractivity contribution in [2.75, 3.05) is 24.6 Å². The summed E-state index contributed by atoms with van der Waals surface area (Å²) in [5.74, 6) is 1.84. The molecule has 35 heavy (non-hydrogen) atoms. The number of ether oxygens (including phenoxy) is 1. The molecule has 1 amide bonds. The highest BCUT2D eigenvalue weighted by atomic mass is 16.5. The molecule has 2 fully saturated rings. The van der Waals surface area contributed by atoms with E-state index in [1.54, 1.807) is 12.3 Å². The van der Waals surface area contributed by atoms with Gasteiger partial charge in [-0.2, -0.15) is 5.26 Å². The monoisotopic (exact) mass is 476 g/mol. The third kappa shape index (κ3) is 4.72. The van der Waals surface area contributed by atoms with Crippen LogP contribution in [0.25, 0.3) is 0 Å². The molecule has 1 aromatic heterocycles. The molecule has 0 bridgehead atoms. The summed E-state index contributed by atoms with van der Waals surface area (Å²) in [7, 11) is 0. The van der Waals surface area contributed by atoms with Crippen LogP contribution in [-0.2, 0) is 0 Å². The van der Waals surface area contributed by atoms with Crippen LogP contribution < -0.4 is 15.0 Å². The normalized spacial score (nSPS) is 23.2. The molecule has 2 aliphatic rings. The third-order valence-electron chi connectivity index (χ3n) is 7.89. The molecule has 7 nitrogen and oxygen atoms in total. The summed E-state index contributed by atoms with van der Waals surface area (Å²) in [6.45, 7) is 12.3. The minimum absolute atomic E-state index is 0.0795. The van der Waals surface area contributed by atoms with E-state index in [1.807, 2.05) is 31.2 Å². The van der Waals surface area contributed by atoms with E-state index >= 15 is 0 Å². The summed E-state index contributed by atoms with van der Waals surface area (Å²) in [6, 6.07) is 11.4. The van der Waals surface area contributed by atoms with Crippen molar-refractivity contribution in [1.82, 2.24) is 10.3 Å². The molecule has 1 saturated heterocycles. The molecule has 0 spiro atoms. The average molecular weight is 477 g/mol. The van der Waals surface area contributed by atoms with Gasteiger partial charge in [-0.15, -0.1) is 0 Å². The predicted octanol–water partition coefficient (Wildman–Crippen LogP) is 4.08. The van der Waals surface area contributed by atoms with Crippen LogP contribution in [0.3, 0.4) is 0 Å². The zero-order valence-electron chi connectivity index (χ0n) is 21.3. The van der Waals surface area contributed by atoms with Crippen molar-refractivity contribution in [2.45, 2.75) is 59.6 Å². The van der Waals surface area contributed by atoms with E-state index in [0.29, 0.717) is 17.0 Å². The number of hydrogen-bond donors (Lipinski definition) is 2. The van der Waals surface area contributed by atoms with Crippen LogP contribution in [0, 0.1) is 35.0 Å². The molecule has 2 heterocycles. The number of nitrogens with one attached hydrogen (secondary N) is 1. The molecule has 7 heteroatoms. The highest BCUT2D eigenvalue weighted by Crippen LogP contribution is 2.55. The van der Waals surface area contributed by atoms with Crippen molar-refractivity contribution in [3.05, 3.63) is 53.2 Å². The summed E-state index contributed by atoms with van der Waals surface area (Å²) in [4.78, 5) is 19.9. The number of rotatable bonds is 6. The maximum Gasteiger partial charge on any atom is 0.253 e. The minimum atomic E-state index is -0.286. The van der Waals surface area contributed by atoms with E-state index in [9.17, 15) is 15.2 Å². The van der Waals surface area contributed by atoms with E-state index in [2.05, 4.69) is 49.0 Å². The number of hydrogen-bond acceptors (Lipinski definition) is 6. The second kappa shape index (κ2) is 9.50. The number of nitrogens with zero attached hydrogens (tertiary/aromatic N) is 3. The second-order valence-corrected chi connectivity index (χ2v) is 11.2. The number of nitriles is 1. The minimum Gasteiger partial charge on any atom is -0.489 e. The van der Waals surface area contributed by atoms with Gasteiger partial charge in [0.2, 0.25) is 0 Å². The first-order valence-corrected chi connectivity index (χ1v) is 12.4. The van der Waals surface area contributed by atoms with Crippen LogP contribution in [-0.4, -0.2) is 47.8 Å². The number of aliphatic hydroxyl groups excluding tert-OH is 1. The van der Waals surface area contributed by atoms with Crippen LogP contribution in [0.15, 0.2) is 36.5 Å². The van der Waals surface area contributed by atoms with Crippen LogP contribution >= 0.6 is 0 Å². The van der Waals surface area contributed by atoms with Crippen LogP contribution in [0.4, 0.5) is 5.82 Å². The Hall–Kier alpha value is -3.11. The van der Waals surface area contributed by atoms with Crippen LogP contribution in [0.5, 0.6) is 5.75 Å². The van der Waals surface area contributed by atoms with Crippen molar-refractivity contribution in [1.29, 1.82) is 5.26 Å². The lowest BCUT2D eigenvalue weighted by Crippen LogP contribution is -2.74. The fraction of sp³-hybridized carbons (Fsp3) is 0.536. The SMILES string of the molecule is Cc1cc(O[C@H]2C(C)(C)[C@H](NC(=O)c3ccc(N4CCC(CO)CC4)nc3)C2(C)C)ccc1C#N. The van der Waals surface area contributed by atoms with E-state index in [-0.39, 0.29) is 35.5 Å². The van der Waals surface area contributed by atoms with Crippen molar-refractivity contribution in [2.24, 2.45) is 16.7 Å². The lowest BCUT2D eigenvalue weighted by molar-refractivity contribution is -0.164. The highest BCUT2D eigenvalue weighted by molar-refractivity contribution is 5.94. The van der Waals surface area contributed by atoms with Gasteiger partial charge in [0.1, 0.15) is 17.7 Å². The molecule has 1 aliphatic carbocycles. The summed E-state index contributed by atoms with van der Waals surface area (Å²) < 4.78 is 6.38. The molecule has 186 valence electrons. The van der Waals surface area contributed by atoms with Crippen molar-refractivity contribution in [3.63, 3.8) is 0 Å². The second-order valence-electron chi connectivity index (χ2n) is 11.2. The predicted molar refractivity (Wildman–Crippen MR) is 135 cm³/mol. The van der Waals surface area contributed by atoms with Gasteiger partial charge >= 0.3 is 0 Å². The van der Waals surface area contributed by atoms with E-state index in [0.717, 1.165) is 43.1 Å². The average Bonchev–Trinajstić information content (AvgIpc) is 2.85. The van der Waals surface area contributed by atoms with Crippen LogP contribution in [0.2, 0.25) is 0 Å². The van der Waals surface area contributed by atoms with Gasteiger partial charge in [-0.25, -0.2) is 4.98 Å². The number of aryl methyl sites for hydroxylation is 1. The van der Waals surface area contributed by atoms with Crippen molar-refractivity contribution in [3.8, 4) is 11.8 Å². The zero-order chi connectivity index (χ0) is 25.4. The first kappa shape index (κ1) is 25.0. The molecule has 0 unspecified atom stereocenters. The van der Waals surface area contributed by atoms with E-state index in [4.69, 9.17) is 4.74 Å². The first-order valence-electron chi connectivity index (χ1n) is 12.4. The number of aliphatic hydroxyl groups is 1. The largest absolute Gasteiger partial charge is 0.489 e. The molecule has 0 atom stereocenters. The molecule has 2 N–H and O–H groups in total. The number of anilines is 1. The maximum absolute atomic E-state index is 13.1. The Morgan fingerprint density at radius 3 is 2.43 bits per heavy atom. The number of amides is 1. The summed E-state index contributed by atoms with van der Waals surface area (Å²) >= 11 is 0. The Labute approximate surface area is 208 Å². The Bertz CT molecular complexity index is 1100. The first-order chi connectivity index (χ1) is 16.6. The Morgan fingerprint density at radius 2 is 1.89 bits per heavy atom. The van der Waals surface area contributed by atoms with Gasteiger partial charge in [0, 0.05) is 42.8 Å². The smallest absolute Gasteiger partial charge is 0.253 e. The molecular formula is C28H36N4O3. The zero-order valence-corrected chi connectivity index (χ0v) is 21.3. The lowest BCUT2D eigenvalue weighted by atomic mass is 9.49. The van der Waals surface area contributed by atoms with Gasteiger partial charge in [0.05, 0.1) is 17.2 Å². The summed E-state index contributed by atoms with van der Waals surface area (Å²) in [5.41, 5.74) is 1.50. The fourth-order valence-electron chi connectivity index (χ4n) is 6.04. The number of carbonyl (C=O) groups is 1. The molecule has 0 radical (unpaired) electrons. The number of pyridine rings is 1. The van der Waals surface area contributed by atoms with Gasteiger partial charge in [0.25, 0.3) is 5.91 Å². The van der Waals surface area contributed by atoms with E-state index < -0.39 is 0 Å². The summed E-state index contributed by atoms with van der Waals surface area (Å²) in [5, 5.41) is 21.7. The van der Waals surface area contributed by atoms with Gasteiger partial charge < -0.3 is 20.1 Å². The number of piperidine rings is 1. The van der Waals surface area contributed by atoms with Gasteiger partial charge in [-0.05, 0) is 61.6 Å². The van der Waals surface area contributed by atoms with Crippen molar-refractivity contribution < 1.29 is 14.6 Å². The quantitative estimate of drug-likeness (QED) is 0.652. The van der Waals surface area contributed by atoms with E-state index in [1.165, 1.54) is 0 Å². The highest BCUT2D eigenvalue weighted by Gasteiger charge is 2.64. The van der Waals surface area contributed by atoms with Gasteiger partial charge in [-0.3, -0.25) is 4.79 Å². The molecule has 1 saturated carbocycles. The van der Waals surface area contributed by atoms with Crippen molar-refractivity contribution >= 4 is 11.7 Å². The number of carbonyl (C=O) groups excluding carboxylic acids is 1. The fourth-order valence-corrected chi connectivity index (χ4v) is 6.04. The van der Waals surface area contributed by atoms with Gasteiger partial charge in [0.15, 0.2) is 0 Å². The summed E-state index contributed by atoms with van der Waals surface area (Å²) in [6.07, 6.45) is 3.46. The molecule has 2 aromatic rings. The van der Waals surface area contributed by atoms with Crippen LogP contribution in [0.1, 0.15) is 62.0 Å². The Kier molecular flexibility index (Phi) is 6.79. The molecule has 4 rings (SSSR count). The number of benzene rings is 1. The molecule has 1 aliphatic heterocycles. The Morgan fingerprint density at radius 1 is 1.20 bits per heavy atom. The molecule has 1 aromatic carbocycles. The standard InChI is InChI=1S/C28H36N4O3/c1-18-14-22(8-6-20(18)15-29)35-26-27(2,3)25(28(26,4)5)31-24(34)21-7-9-23(30-16-21)32-12-10-19(17-33)11-13-32/h6-9,14,16,19,25-26,33H,10-13,17H2,1-5H3,(H,31,34)/t25-,26-. The number of aromatic nitrogens is 1. The topological polar surface area (TPSA) is 98.5 Å². The van der Waals surface area contributed by atoms with Gasteiger partial charge in [-0.1, -0.05) is 27.7 Å². The molecular weight excluding hydrogens is 440 g/mol.